The van der Waals surface area contributed by atoms with E-state index < -0.39 is 27.8 Å². The van der Waals surface area contributed by atoms with Crippen molar-refractivity contribution in [3.8, 4) is 5.75 Å². The summed E-state index contributed by atoms with van der Waals surface area (Å²) in [4.78, 5) is 30.0. The fourth-order valence-corrected chi connectivity index (χ4v) is 6.30. The van der Waals surface area contributed by atoms with E-state index in [-0.39, 0.29) is 24.0 Å². The lowest BCUT2D eigenvalue weighted by Gasteiger charge is -2.32. The Kier molecular flexibility index (Phi) is 7.83. The van der Waals surface area contributed by atoms with Crippen LogP contribution in [0.2, 0.25) is 0 Å². The topological polar surface area (TPSA) is 120 Å². The number of urea groups is 1. The number of amides is 2. The molecular weight excluding hydrogens is 529 g/mol. The molecule has 1 spiro atoms. The Balaban J connectivity index is 0.000000426. The second kappa shape index (κ2) is 10.8. The van der Waals surface area contributed by atoms with Crippen LogP contribution < -0.4 is 4.74 Å². The van der Waals surface area contributed by atoms with Crippen LogP contribution in [-0.4, -0.2) is 89.1 Å². The lowest BCUT2D eigenvalue weighted by Crippen LogP contribution is -2.50. The highest BCUT2D eigenvalue weighted by molar-refractivity contribution is 7.89. The Morgan fingerprint density at radius 3 is 2.29 bits per heavy atom. The average molecular weight is 557 g/mol. The van der Waals surface area contributed by atoms with Gasteiger partial charge in [0.25, 0.3) is 0 Å². The van der Waals surface area contributed by atoms with Crippen molar-refractivity contribution in [2.75, 3.05) is 32.7 Å². The number of pyridine rings is 1. The maximum absolute atomic E-state index is 13.5. The Labute approximate surface area is 217 Å². The molecule has 0 radical (unpaired) electrons. The normalized spacial score (nSPS) is 22.7. The van der Waals surface area contributed by atoms with Crippen LogP contribution in [0.4, 0.5) is 18.0 Å². The molecule has 1 atom stereocenters. The molecule has 2 fully saturated rings. The van der Waals surface area contributed by atoms with E-state index in [0.29, 0.717) is 31.0 Å². The fourth-order valence-electron chi connectivity index (χ4n) is 4.70. The summed E-state index contributed by atoms with van der Waals surface area (Å²) in [5.41, 5.74) is -0.118. The van der Waals surface area contributed by atoms with Gasteiger partial charge in [-0.25, -0.2) is 18.0 Å². The fraction of sp³-hybridized carbons (Fsp3) is 0.458. The predicted octanol–water partition coefficient (Wildman–Crippen LogP) is 2.96. The Morgan fingerprint density at radius 1 is 1.00 bits per heavy atom. The van der Waals surface area contributed by atoms with Crippen LogP contribution in [-0.2, 0) is 21.4 Å². The third-order valence-corrected chi connectivity index (χ3v) is 8.36. The van der Waals surface area contributed by atoms with Crippen LogP contribution in [0.1, 0.15) is 25.0 Å². The van der Waals surface area contributed by atoms with E-state index in [1.165, 1.54) is 4.31 Å². The van der Waals surface area contributed by atoms with Gasteiger partial charge in [-0.3, -0.25) is 4.98 Å². The van der Waals surface area contributed by atoms with E-state index in [1.54, 1.807) is 36.5 Å². The monoisotopic (exact) mass is 556 g/mol. The lowest BCUT2D eigenvalue weighted by atomic mass is 10.0. The number of hydrogen-bond acceptors (Lipinski definition) is 6. The van der Waals surface area contributed by atoms with Crippen LogP contribution in [0.25, 0.3) is 0 Å². The van der Waals surface area contributed by atoms with Gasteiger partial charge in [-0.15, -0.1) is 0 Å². The maximum Gasteiger partial charge on any atom is 0.490 e. The zero-order chi connectivity index (χ0) is 27.6. The summed E-state index contributed by atoms with van der Waals surface area (Å²) in [6.07, 6.45) is -0.781. The summed E-state index contributed by atoms with van der Waals surface area (Å²) in [7, 11) is -3.78. The first-order valence-electron chi connectivity index (χ1n) is 11.9. The zero-order valence-corrected chi connectivity index (χ0v) is 21.1. The minimum Gasteiger partial charge on any atom is -0.483 e. The zero-order valence-electron chi connectivity index (χ0n) is 20.3. The number of nitrogens with zero attached hydrogens (tertiary/aromatic N) is 4. The highest BCUT2D eigenvalue weighted by atomic mass is 32.2. The molecule has 1 N–H and O–H groups in total. The molecule has 206 valence electrons. The van der Waals surface area contributed by atoms with Gasteiger partial charge in [0, 0.05) is 32.3 Å². The minimum absolute atomic E-state index is 0.0228. The van der Waals surface area contributed by atoms with Crippen molar-refractivity contribution < 1.29 is 41.0 Å². The molecule has 0 saturated carbocycles. The molecule has 2 aromatic rings. The van der Waals surface area contributed by atoms with Crippen molar-refractivity contribution in [2.45, 2.75) is 42.5 Å². The number of ether oxygens (including phenoxy) is 1. The summed E-state index contributed by atoms with van der Waals surface area (Å²) in [6, 6.07) is 12.2. The van der Waals surface area contributed by atoms with Crippen molar-refractivity contribution in [3.05, 3.63) is 54.4 Å². The van der Waals surface area contributed by atoms with Crippen molar-refractivity contribution in [1.29, 1.82) is 0 Å². The first-order valence-corrected chi connectivity index (χ1v) is 13.4. The van der Waals surface area contributed by atoms with Crippen LogP contribution >= 0.6 is 0 Å². The smallest absolute Gasteiger partial charge is 0.483 e. The molecule has 14 heteroatoms. The highest BCUT2D eigenvalue weighted by Crippen LogP contribution is 2.39. The van der Waals surface area contributed by atoms with Crippen molar-refractivity contribution in [3.63, 3.8) is 0 Å². The first kappa shape index (κ1) is 27.6. The van der Waals surface area contributed by atoms with Gasteiger partial charge < -0.3 is 19.6 Å². The van der Waals surface area contributed by atoms with Gasteiger partial charge in [-0.1, -0.05) is 18.2 Å². The van der Waals surface area contributed by atoms with Crippen molar-refractivity contribution in [2.24, 2.45) is 0 Å². The number of fused-ring (bicyclic) bond motifs is 1. The Hall–Kier alpha value is -3.39. The van der Waals surface area contributed by atoms with Crippen LogP contribution in [0.5, 0.6) is 5.75 Å². The Bertz CT molecular complexity index is 1270. The summed E-state index contributed by atoms with van der Waals surface area (Å²) in [5.74, 6) is -2.41. The molecule has 0 bridgehead atoms. The predicted molar refractivity (Wildman–Crippen MR) is 128 cm³/mol. The number of carbonyl (C=O) groups excluding carboxylic acids is 1. The molecule has 1 unspecified atom stereocenters. The van der Waals surface area contributed by atoms with Crippen molar-refractivity contribution >= 4 is 22.0 Å². The van der Waals surface area contributed by atoms with Crippen LogP contribution in [0.15, 0.2) is 53.6 Å². The summed E-state index contributed by atoms with van der Waals surface area (Å²) >= 11 is 0. The third kappa shape index (κ3) is 6.01. The van der Waals surface area contributed by atoms with Gasteiger partial charge in [-0.2, -0.15) is 17.5 Å². The molecule has 2 amide bonds. The minimum atomic E-state index is -5.08. The second-order valence-electron chi connectivity index (χ2n) is 9.28. The maximum atomic E-state index is 13.5. The number of hydrogen-bond donors (Lipinski definition) is 1. The van der Waals surface area contributed by atoms with E-state index >= 15 is 0 Å². The molecule has 2 saturated heterocycles. The molecule has 3 aliphatic heterocycles. The number of sulfonamides is 1. The number of carboxylic acids is 1. The van der Waals surface area contributed by atoms with Gasteiger partial charge in [0.05, 0.1) is 25.3 Å². The molecule has 5 rings (SSSR count). The number of likely N-dealkylation sites (tertiary alicyclic amines) is 2. The quantitative estimate of drug-likeness (QED) is 0.604. The van der Waals surface area contributed by atoms with E-state index in [0.717, 1.165) is 25.9 Å². The molecule has 1 aromatic heterocycles. The van der Waals surface area contributed by atoms with Gasteiger partial charge in [0.2, 0.25) is 10.0 Å². The van der Waals surface area contributed by atoms with E-state index in [9.17, 15) is 26.4 Å². The molecule has 1 aromatic carbocycles. The summed E-state index contributed by atoms with van der Waals surface area (Å²) < 4.78 is 66.6. The summed E-state index contributed by atoms with van der Waals surface area (Å²) in [5, 5.41) is 7.12. The standard InChI is InChI=1S/C22H26N4O4S.C2HF3O2/c27-21(24-12-5-6-13-24)25-14-10-22(16-25)17-26(15-18-7-3-4-11-23-18)31(28,29)20-9-2-1-8-19(20)30-22;3-2(4,5)1(6)7/h1-4,7-9,11H,5-6,10,12-17H2;(H,6,7). The Morgan fingerprint density at radius 2 is 1.66 bits per heavy atom. The molecule has 3 aliphatic rings. The van der Waals surface area contributed by atoms with Crippen LogP contribution in [0.3, 0.4) is 0 Å². The molecule has 38 heavy (non-hydrogen) atoms. The van der Waals surface area contributed by atoms with Crippen LogP contribution in [0, 0.1) is 0 Å². The lowest BCUT2D eigenvalue weighted by molar-refractivity contribution is -0.192. The number of halogens is 3. The van der Waals surface area contributed by atoms with Gasteiger partial charge in [0.15, 0.2) is 0 Å². The molecule has 10 nitrogen and oxygen atoms in total. The SMILES string of the molecule is O=C(N1CCCC1)N1CCC2(C1)CN(Cc1ccccn1)S(=O)(=O)c1ccccc1O2.O=C(O)C(F)(F)F. The van der Waals surface area contributed by atoms with E-state index in [1.807, 2.05) is 21.9 Å². The largest absolute Gasteiger partial charge is 0.490 e. The van der Waals surface area contributed by atoms with Crippen molar-refractivity contribution in [1.82, 2.24) is 19.1 Å². The number of carboxylic acid groups (broad SMARTS) is 1. The van der Waals surface area contributed by atoms with E-state index in [2.05, 4.69) is 4.98 Å². The number of benzene rings is 1. The van der Waals surface area contributed by atoms with Gasteiger partial charge in [0.1, 0.15) is 16.2 Å². The molecule has 4 heterocycles. The average Bonchev–Trinajstić information content (AvgIpc) is 3.53. The molecular formula is C24H27F3N4O6S. The third-order valence-electron chi connectivity index (χ3n) is 6.53. The van der Waals surface area contributed by atoms with E-state index in [4.69, 9.17) is 14.6 Å². The highest BCUT2D eigenvalue weighted by Gasteiger charge is 2.49. The summed E-state index contributed by atoms with van der Waals surface area (Å²) in [6.45, 7) is 2.81. The number of rotatable bonds is 2. The van der Waals surface area contributed by atoms with Gasteiger partial charge in [-0.05, 0) is 37.1 Å². The number of alkyl halides is 3. The molecule has 0 aliphatic carbocycles. The first-order chi connectivity index (χ1) is 17.9. The number of para-hydroxylation sites is 1. The number of aromatic nitrogens is 1. The number of aliphatic carboxylic acids is 1. The second-order valence-corrected chi connectivity index (χ2v) is 11.2. The number of carbonyl (C=O) groups is 2. The van der Waals surface area contributed by atoms with Gasteiger partial charge >= 0.3 is 18.2 Å².